The van der Waals surface area contributed by atoms with Gasteiger partial charge < -0.3 is 34.2 Å². The number of aliphatic imine (C=N–C) groups is 1. The zero-order valence-electron chi connectivity index (χ0n) is 26.4. The van der Waals surface area contributed by atoms with Gasteiger partial charge in [-0.2, -0.15) is 0 Å². The molecule has 4 rings (SSSR count). The molecule has 0 radical (unpaired) electrons. The number of ketones is 1. The van der Waals surface area contributed by atoms with Gasteiger partial charge in [-0.3, -0.25) is 0 Å². The summed E-state index contributed by atoms with van der Waals surface area (Å²) in [5.41, 5.74) is 4.92. The van der Waals surface area contributed by atoms with Crippen molar-refractivity contribution >= 4 is 24.4 Å². The summed E-state index contributed by atoms with van der Waals surface area (Å²) >= 11 is 0. The van der Waals surface area contributed by atoms with Gasteiger partial charge in [0.05, 0.1) is 24.9 Å². The lowest BCUT2D eigenvalue weighted by Crippen LogP contribution is -2.08. The Morgan fingerprint density at radius 3 is 1.96 bits per heavy atom. The molecule has 0 saturated carbocycles. The first kappa shape index (κ1) is 38.6. The first-order valence-corrected chi connectivity index (χ1v) is 14.7. The van der Waals surface area contributed by atoms with Crippen LogP contribution < -0.4 is 4.74 Å². The second-order valence-corrected chi connectivity index (χ2v) is 9.99. The van der Waals surface area contributed by atoms with E-state index in [2.05, 4.69) is 49.5 Å². The number of nitrogens with zero attached hydrogens (tertiary/aromatic N) is 1. The fourth-order valence-corrected chi connectivity index (χ4v) is 3.48. The van der Waals surface area contributed by atoms with E-state index in [1.807, 2.05) is 31.2 Å². The summed E-state index contributed by atoms with van der Waals surface area (Å²) in [4.78, 5) is 37.1. The van der Waals surface area contributed by atoms with Crippen LogP contribution in [0.3, 0.4) is 0 Å². The van der Waals surface area contributed by atoms with Crippen LogP contribution in [0.4, 0.5) is 0 Å². The molecule has 0 amide bonds. The molecule has 0 unspecified atom stereocenters. The quantitative estimate of drug-likeness (QED) is 0.0484. The first-order valence-electron chi connectivity index (χ1n) is 14.7. The second kappa shape index (κ2) is 23.0. The van der Waals surface area contributed by atoms with Crippen molar-refractivity contribution in [3.63, 3.8) is 0 Å². The third-order valence-corrected chi connectivity index (χ3v) is 6.01. The minimum Gasteiger partial charge on any atom is -0.463 e. The number of carbonyl (C=O) groups is 3. The summed E-state index contributed by atoms with van der Waals surface area (Å²) in [6, 6.07) is 23.0. The summed E-state index contributed by atoms with van der Waals surface area (Å²) in [7, 11) is 0. The average molecular weight is 620 g/mol. The fourth-order valence-electron chi connectivity index (χ4n) is 3.48. The summed E-state index contributed by atoms with van der Waals surface area (Å²) < 4.78 is 15.1. The highest BCUT2D eigenvalue weighted by atomic mass is 16.6. The molecule has 1 atom stereocenters. The smallest absolute Gasteiger partial charge is 0.343 e. The molecule has 242 valence electrons. The van der Waals surface area contributed by atoms with Gasteiger partial charge in [-0.25, -0.2) is 9.59 Å². The molecule has 0 bridgehead atoms. The summed E-state index contributed by atoms with van der Waals surface area (Å²) in [5, 5.41) is 14.2. The van der Waals surface area contributed by atoms with Crippen molar-refractivity contribution in [2.45, 2.75) is 52.6 Å². The van der Waals surface area contributed by atoms with Crippen LogP contribution >= 0.6 is 0 Å². The van der Waals surface area contributed by atoms with E-state index < -0.39 is 12.8 Å². The Bertz CT molecular complexity index is 1300. The number of hydrogen-bond donors (Lipinski definition) is 2. The number of Topliss-reactive ketones (excluding diaryl/α,β-unsaturated/α-hetero) is 1. The minimum absolute atomic E-state index is 0.230. The molecule has 9 nitrogen and oxygen atoms in total. The van der Waals surface area contributed by atoms with Crippen molar-refractivity contribution in [3.05, 3.63) is 102 Å². The largest absolute Gasteiger partial charge is 0.463 e. The van der Waals surface area contributed by atoms with Gasteiger partial charge in [0.1, 0.15) is 18.3 Å². The van der Waals surface area contributed by atoms with E-state index in [4.69, 9.17) is 24.4 Å². The molecule has 1 aliphatic heterocycles. The number of ether oxygens (including phenoxy) is 3. The first-order chi connectivity index (χ1) is 21.6. The Balaban J connectivity index is 0.000000555. The maximum absolute atomic E-state index is 12.2. The predicted octanol–water partition coefficient (Wildman–Crippen LogP) is 5.93. The third kappa shape index (κ3) is 18.7. The van der Waals surface area contributed by atoms with Crippen LogP contribution in [0.2, 0.25) is 0 Å². The molecule has 1 fully saturated rings. The van der Waals surface area contributed by atoms with Crippen LogP contribution in [0, 0.1) is 6.92 Å². The van der Waals surface area contributed by atoms with Gasteiger partial charge in [0.2, 0.25) is 0 Å². The monoisotopic (exact) mass is 619 g/mol. The van der Waals surface area contributed by atoms with Crippen molar-refractivity contribution in [2.24, 2.45) is 4.99 Å². The van der Waals surface area contributed by atoms with E-state index in [1.165, 1.54) is 11.6 Å². The lowest BCUT2D eigenvalue weighted by atomic mass is 10.0. The zero-order valence-corrected chi connectivity index (χ0v) is 26.4. The number of esters is 2. The average Bonchev–Trinajstić information content (AvgIpc) is 3.83. The number of aliphatic hydroxyl groups is 2. The number of rotatable bonds is 12. The van der Waals surface area contributed by atoms with Crippen molar-refractivity contribution < 1.29 is 38.8 Å². The van der Waals surface area contributed by atoms with E-state index in [0.717, 1.165) is 42.6 Å². The number of aliphatic hydroxyl groups excluding tert-OH is 1. The Kier molecular flexibility index (Phi) is 19.7. The molecule has 0 spiro atoms. The van der Waals surface area contributed by atoms with Crippen molar-refractivity contribution in [2.75, 3.05) is 26.6 Å². The van der Waals surface area contributed by atoms with Gasteiger partial charge in [0, 0.05) is 19.0 Å². The highest BCUT2D eigenvalue weighted by Gasteiger charge is 2.13. The fraction of sp³-hybridized carbons (Fsp3) is 0.333. The van der Waals surface area contributed by atoms with Crippen molar-refractivity contribution in [1.29, 1.82) is 0 Å². The topological polar surface area (TPSA) is 135 Å². The predicted molar refractivity (Wildman–Crippen MR) is 177 cm³/mol. The van der Waals surface area contributed by atoms with Crippen LogP contribution in [-0.4, -0.2) is 67.3 Å². The molecule has 1 heterocycles. The number of hydrogen-bond acceptors (Lipinski definition) is 9. The van der Waals surface area contributed by atoms with E-state index in [9.17, 15) is 14.4 Å². The molecule has 3 aromatic rings. The van der Waals surface area contributed by atoms with E-state index in [-0.39, 0.29) is 11.8 Å². The van der Waals surface area contributed by atoms with Gasteiger partial charge in [-0.05, 0) is 87.7 Å². The second-order valence-electron chi connectivity index (χ2n) is 9.99. The van der Waals surface area contributed by atoms with Crippen molar-refractivity contribution in [3.8, 4) is 16.9 Å². The number of benzene rings is 3. The Morgan fingerprint density at radius 2 is 1.49 bits per heavy atom. The van der Waals surface area contributed by atoms with Gasteiger partial charge in [-0.1, -0.05) is 60.7 Å². The highest BCUT2D eigenvalue weighted by Crippen LogP contribution is 2.24. The Labute approximate surface area is 266 Å². The molecular weight excluding hydrogens is 574 g/mol. The van der Waals surface area contributed by atoms with Crippen LogP contribution in [0.5, 0.6) is 5.75 Å². The Morgan fingerprint density at radius 1 is 0.956 bits per heavy atom. The zero-order chi connectivity index (χ0) is 33.5. The molecule has 9 heteroatoms. The maximum Gasteiger partial charge on any atom is 0.343 e. The molecule has 2 N–H and O–H groups in total. The molecule has 45 heavy (non-hydrogen) atoms. The van der Waals surface area contributed by atoms with Gasteiger partial charge >= 0.3 is 11.9 Å². The molecule has 1 saturated heterocycles. The van der Waals surface area contributed by atoms with Crippen LogP contribution in [0.15, 0.2) is 90.4 Å². The number of aryl methyl sites for hydroxylation is 2. The summed E-state index contributed by atoms with van der Waals surface area (Å²) in [6.07, 6.45) is 4.83. The molecular formula is C36H45NO8. The van der Waals surface area contributed by atoms with Gasteiger partial charge in [0.25, 0.3) is 0 Å². The molecule has 3 aromatic carbocycles. The number of epoxide rings is 1. The Hall–Kier alpha value is -4.44. The third-order valence-electron chi connectivity index (χ3n) is 6.01. The van der Waals surface area contributed by atoms with Crippen molar-refractivity contribution in [1.82, 2.24) is 0 Å². The molecule has 1 aliphatic rings. The maximum atomic E-state index is 12.2. The highest BCUT2D eigenvalue weighted by molar-refractivity contribution is 5.91. The summed E-state index contributed by atoms with van der Waals surface area (Å²) in [6.45, 7) is 13.6. The van der Waals surface area contributed by atoms with Crippen LogP contribution in [0.25, 0.3) is 11.1 Å². The van der Waals surface area contributed by atoms with Gasteiger partial charge in [-0.15, -0.1) is 0 Å². The lowest BCUT2D eigenvalue weighted by Gasteiger charge is -2.08. The number of carbonyl (C=O) groups excluding carboxylic acids is 3. The summed E-state index contributed by atoms with van der Waals surface area (Å²) in [5.74, 6) is -0.0205. The van der Waals surface area contributed by atoms with E-state index >= 15 is 0 Å². The SMILES string of the molecule is C=CC(=O)OCCCc1ccc(-c2ccc(OC(=O)c3ccc(C)cc3)cc2)cc1.C=NCCCC(C)=O.C[C@@H]1CO1.OCO. The standard InChI is InChI=1S/C26H24O4.C6H11NO.C3H6O.CH4O2/c1-3-25(27)29-18-4-5-20-8-12-21(13-9-20)22-14-16-24(17-15-22)30-26(28)23-10-6-19(2)7-11-23;1-6(8)4-3-5-7-2;1-3-2-4-3;2-1-3/h3,6-17H,1,4-5,18H2,2H3;2-5H2,1H3;3H,2H2,1H3;2-3H,1H2/t;;3-;/m..1./s1. The minimum atomic E-state index is -0.750. The van der Waals surface area contributed by atoms with Crippen LogP contribution in [-0.2, 0) is 25.5 Å². The normalized spacial score (nSPS) is 12.3. The molecule has 0 aromatic heterocycles. The molecule has 0 aliphatic carbocycles. The van der Waals surface area contributed by atoms with Crippen LogP contribution in [0.1, 0.15) is 54.6 Å². The lowest BCUT2D eigenvalue weighted by molar-refractivity contribution is -0.137. The van der Waals surface area contributed by atoms with E-state index in [1.54, 1.807) is 31.2 Å². The van der Waals surface area contributed by atoms with E-state index in [0.29, 0.717) is 37.0 Å². The van der Waals surface area contributed by atoms with Gasteiger partial charge in [0.15, 0.2) is 0 Å².